The summed E-state index contributed by atoms with van der Waals surface area (Å²) in [4.78, 5) is 32.7. The molecule has 6 nitrogen and oxygen atoms in total. The van der Waals surface area contributed by atoms with Crippen LogP contribution >= 0.6 is 0 Å². The quantitative estimate of drug-likeness (QED) is 0.808. The van der Waals surface area contributed by atoms with Gasteiger partial charge in [0.1, 0.15) is 18.2 Å². The lowest BCUT2D eigenvalue weighted by Crippen LogP contribution is -2.53. The van der Waals surface area contributed by atoms with E-state index >= 15 is 0 Å². The lowest BCUT2D eigenvalue weighted by atomic mass is 9.88. The standard InChI is InChI=1S/C19H20F2N4O2/c1-23-11-22-18-13(3-2-4-16(18)23)19(27)24-7-8-25(17(26)10-24)15-6-5-12(20)9-14(15)21/h5-6,9,11,13H,2-4,7-8,10H2,1H3. The molecule has 2 heterocycles. The van der Waals surface area contributed by atoms with Crippen molar-refractivity contribution in [3.05, 3.63) is 47.5 Å². The van der Waals surface area contributed by atoms with E-state index in [1.54, 1.807) is 6.33 Å². The first-order valence-corrected chi connectivity index (χ1v) is 9.00. The van der Waals surface area contributed by atoms with Crippen LogP contribution in [0.4, 0.5) is 14.5 Å². The second-order valence-electron chi connectivity index (χ2n) is 7.03. The zero-order valence-corrected chi connectivity index (χ0v) is 15.0. The Labute approximate surface area is 155 Å². The monoisotopic (exact) mass is 374 g/mol. The molecule has 27 heavy (non-hydrogen) atoms. The van der Waals surface area contributed by atoms with Crippen LogP contribution in [0, 0.1) is 11.6 Å². The molecule has 1 atom stereocenters. The Bertz CT molecular complexity index is 911. The van der Waals surface area contributed by atoms with E-state index in [9.17, 15) is 18.4 Å². The zero-order chi connectivity index (χ0) is 19.1. The van der Waals surface area contributed by atoms with Crippen molar-refractivity contribution in [3.63, 3.8) is 0 Å². The number of fused-ring (bicyclic) bond motifs is 1. The predicted molar refractivity (Wildman–Crippen MR) is 94.2 cm³/mol. The molecule has 1 fully saturated rings. The minimum absolute atomic E-state index is 0.0400. The van der Waals surface area contributed by atoms with Gasteiger partial charge in [0, 0.05) is 31.9 Å². The fourth-order valence-corrected chi connectivity index (χ4v) is 3.96. The summed E-state index contributed by atoms with van der Waals surface area (Å²) in [5.41, 5.74) is 1.91. The summed E-state index contributed by atoms with van der Waals surface area (Å²) in [7, 11) is 1.91. The molecule has 1 aromatic heterocycles. The van der Waals surface area contributed by atoms with Crippen LogP contribution in [0.15, 0.2) is 24.5 Å². The fraction of sp³-hybridized carbons (Fsp3) is 0.421. The first-order chi connectivity index (χ1) is 13.0. The van der Waals surface area contributed by atoms with Gasteiger partial charge in [0.15, 0.2) is 0 Å². The van der Waals surface area contributed by atoms with Crippen LogP contribution in [-0.2, 0) is 23.1 Å². The van der Waals surface area contributed by atoms with E-state index in [2.05, 4.69) is 4.98 Å². The Morgan fingerprint density at radius 2 is 2.07 bits per heavy atom. The maximum Gasteiger partial charge on any atom is 0.246 e. The third-order valence-electron chi connectivity index (χ3n) is 5.36. The lowest BCUT2D eigenvalue weighted by molar-refractivity contribution is -0.138. The number of benzene rings is 1. The van der Waals surface area contributed by atoms with E-state index in [4.69, 9.17) is 0 Å². The van der Waals surface area contributed by atoms with E-state index < -0.39 is 11.6 Å². The lowest BCUT2D eigenvalue weighted by Gasteiger charge is -2.36. The Hall–Kier alpha value is -2.77. The highest BCUT2D eigenvalue weighted by atomic mass is 19.1. The fourth-order valence-electron chi connectivity index (χ4n) is 3.96. The molecular weight excluding hydrogens is 354 g/mol. The molecule has 1 aromatic carbocycles. The average Bonchev–Trinajstić information content (AvgIpc) is 3.03. The number of amides is 2. The number of hydrogen-bond acceptors (Lipinski definition) is 3. The molecule has 1 aliphatic heterocycles. The van der Waals surface area contributed by atoms with Gasteiger partial charge < -0.3 is 14.4 Å². The van der Waals surface area contributed by atoms with Gasteiger partial charge in [-0.25, -0.2) is 13.8 Å². The van der Waals surface area contributed by atoms with Crippen molar-refractivity contribution in [2.45, 2.75) is 25.2 Å². The van der Waals surface area contributed by atoms with Crippen molar-refractivity contribution in [1.29, 1.82) is 0 Å². The summed E-state index contributed by atoms with van der Waals surface area (Å²) >= 11 is 0. The molecule has 1 aliphatic carbocycles. The number of carbonyl (C=O) groups excluding carboxylic acids is 2. The topological polar surface area (TPSA) is 58.4 Å². The van der Waals surface area contributed by atoms with Crippen LogP contribution < -0.4 is 4.90 Å². The van der Waals surface area contributed by atoms with Gasteiger partial charge in [-0.2, -0.15) is 0 Å². The van der Waals surface area contributed by atoms with Gasteiger partial charge in [-0.15, -0.1) is 0 Å². The van der Waals surface area contributed by atoms with Crippen molar-refractivity contribution < 1.29 is 18.4 Å². The molecule has 2 amide bonds. The highest BCUT2D eigenvalue weighted by Crippen LogP contribution is 2.32. The summed E-state index contributed by atoms with van der Waals surface area (Å²) in [5.74, 6) is -2.30. The Morgan fingerprint density at radius 1 is 1.26 bits per heavy atom. The highest BCUT2D eigenvalue weighted by Gasteiger charge is 2.36. The molecule has 0 saturated carbocycles. The van der Waals surface area contributed by atoms with Crippen LogP contribution in [0.3, 0.4) is 0 Å². The summed E-state index contributed by atoms with van der Waals surface area (Å²) in [5, 5.41) is 0. The second kappa shape index (κ2) is 6.75. The number of rotatable bonds is 2. The van der Waals surface area contributed by atoms with Crippen LogP contribution in [-0.4, -0.2) is 45.9 Å². The van der Waals surface area contributed by atoms with Crippen molar-refractivity contribution >= 4 is 17.5 Å². The van der Waals surface area contributed by atoms with Crippen LogP contribution in [0.5, 0.6) is 0 Å². The molecule has 142 valence electrons. The van der Waals surface area contributed by atoms with Crippen molar-refractivity contribution in [3.8, 4) is 0 Å². The predicted octanol–water partition coefficient (Wildman–Crippen LogP) is 1.99. The van der Waals surface area contributed by atoms with Crippen LogP contribution in [0.1, 0.15) is 30.1 Å². The minimum Gasteiger partial charge on any atom is -0.337 e. The molecule has 0 spiro atoms. The van der Waals surface area contributed by atoms with Gasteiger partial charge >= 0.3 is 0 Å². The molecule has 0 N–H and O–H groups in total. The SMILES string of the molecule is Cn1cnc2c1CCCC2C(=O)N1CCN(c2ccc(F)cc2F)C(=O)C1. The summed E-state index contributed by atoms with van der Waals surface area (Å²) in [6.07, 6.45) is 4.23. The second-order valence-corrected chi connectivity index (χ2v) is 7.03. The van der Waals surface area contributed by atoms with Gasteiger partial charge in [-0.3, -0.25) is 9.59 Å². The smallest absolute Gasteiger partial charge is 0.246 e. The van der Waals surface area contributed by atoms with Gasteiger partial charge in [0.25, 0.3) is 0 Å². The Balaban J connectivity index is 1.50. The molecule has 8 heteroatoms. The number of nitrogens with zero attached hydrogens (tertiary/aromatic N) is 4. The van der Waals surface area contributed by atoms with Crippen molar-refractivity contribution in [2.24, 2.45) is 7.05 Å². The molecule has 2 aromatic rings. The Morgan fingerprint density at radius 3 is 2.81 bits per heavy atom. The van der Waals surface area contributed by atoms with Gasteiger partial charge in [0.2, 0.25) is 11.8 Å². The first kappa shape index (κ1) is 17.6. The van der Waals surface area contributed by atoms with Crippen LogP contribution in [0.2, 0.25) is 0 Å². The highest BCUT2D eigenvalue weighted by molar-refractivity contribution is 5.98. The summed E-state index contributed by atoms with van der Waals surface area (Å²) in [6, 6.07) is 3.12. The van der Waals surface area contributed by atoms with Crippen LogP contribution in [0.25, 0.3) is 0 Å². The van der Waals surface area contributed by atoms with Gasteiger partial charge in [-0.1, -0.05) is 0 Å². The van der Waals surface area contributed by atoms with Gasteiger partial charge in [0.05, 0.1) is 23.6 Å². The Kier molecular flexibility index (Phi) is 4.41. The van der Waals surface area contributed by atoms with E-state index in [0.29, 0.717) is 13.0 Å². The maximum atomic E-state index is 14.0. The minimum atomic E-state index is -0.784. The van der Waals surface area contributed by atoms with Gasteiger partial charge in [-0.05, 0) is 31.4 Å². The normalized spacial score (nSPS) is 20.0. The number of imidazole rings is 1. The molecule has 0 radical (unpaired) electrons. The van der Waals surface area contributed by atoms with E-state index in [-0.39, 0.29) is 36.5 Å². The molecule has 4 rings (SSSR count). The molecule has 1 saturated heterocycles. The number of anilines is 1. The van der Waals surface area contributed by atoms with E-state index in [1.807, 2.05) is 11.6 Å². The largest absolute Gasteiger partial charge is 0.337 e. The number of aromatic nitrogens is 2. The number of aryl methyl sites for hydroxylation is 1. The van der Waals surface area contributed by atoms with Crippen molar-refractivity contribution in [1.82, 2.24) is 14.5 Å². The number of piperazine rings is 1. The number of hydrogen-bond donors (Lipinski definition) is 0. The van der Waals surface area contributed by atoms with E-state index in [1.165, 1.54) is 15.9 Å². The number of halogens is 2. The van der Waals surface area contributed by atoms with Crippen molar-refractivity contribution in [2.75, 3.05) is 24.5 Å². The molecular formula is C19H20F2N4O2. The summed E-state index contributed by atoms with van der Waals surface area (Å²) in [6.45, 7) is 0.364. The molecule has 1 unspecified atom stereocenters. The average molecular weight is 374 g/mol. The maximum absolute atomic E-state index is 14.0. The number of carbonyl (C=O) groups is 2. The first-order valence-electron chi connectivity index (χ1n) is 9.00. The molecule has 2 aliphatic rings. The third kappa shape index (κ3) is 3.09. The summed E-state index contributed by atoms with van der Waals surface area (Å²) < 4.78 is 29.0. The van der Waals surface area contributed by atoms with E-state index in [0.717, 1.165) is 36.4 Å². The molecule has 0 bridgehead atoms. The third-order valence-corrected chi connectivity index (χ3v) is 5.36. The zero-order valence-electron chi connectivity index (χ0n) is 15.0.